The molecule has 1 aromatic rings. The summed E-state index contributed by atoms with van der Waals surface area (Å²) in [4.78, 5) is 19.9. The predicted octanol–water partition coefficient (Wildman–Crippen LogP) is 4.10. The van der Waals surface area contributed by atoms with Crippen molar-refractivity contribution >= 4 is 11.8 Å². The number of alkyl halides is 2. The minimum atomic E-state index is -2.99. The lowest BCUT2D eigenvalue weighted by molar-refractivity contribution is -0.0517. The Morgan fingerprint density at radius 2 is 2.15 bits per heavy atom. The van der Waals surface area contributed by atoms with E-state index in [1.165, 1.54) is 6.07 Å². The fourth-order valence-electron chi connectivity index (χ4n) is 4.11. The van der Waals surface area contributed by atoms with Crippen molar-refractivity contribution in [1.82, 2.24) is 10.4 Å². The van der Waals surface area contributed by atoms with Crippen LogP contribution in [0.15, 0.2) is 24.3 Å². The highest BCUT2D eigenvalue weighted by molar-refractivity contribution is 5.69. The topological polar surface area (TPSA) is 78.5 Å². The van der Waals surface area contributed by atoms with Gasteiger partial charge in [-0.25, -0.2) is 4.79 Å². The molecule has 0 radical (unpaired) electrons. The highest BCUT2D eigenvalue weighted by atomic mass is 19.3. The maximum atomic E-state index is 13.0. The number of benzene rings is 1. The smallest absolute Gasteiger partial charge is 0.410 e. The van der Waals surface area contributed by atoms with Crippen LogP contribution in [0.4, 0.5) is 13.6 Å². The number of carbonyl (C=O) groups excluding carboxylic acids is 1. The Balaban J connectivity index is 1.49. The maximum absolute atomic E-state index is 13.0. The van der Waals surface area contributed by atoms with Crippen molar-refractivity contribution in [1.29, 1.82) is 0 Å². The lowest BCUT2D eigenvalue weighted by Crippen LogP contribution is -2.42. The molecule has 8 nitrogen and oxygen atoms in total. The minimum Gasteiger partial charge on any atom is -0.488 e. The van der Waals surface area contributed by atoms with Gasteiger partial charge in [0.15, 0.2) is 11.5 Å². The summed E-state index contributed by atoms with van der Waals surface area (Å²) in [6.07, 6.45) is 3.79. The van der Waals surface area contributed by atoms with E-state index in [4.69, 9.17) is 19.0 Å². The number of hydroxylamine groups is 1. The Morgan fingerprint density at radius 1 is 1.33 bits per heavy atom. The Kier molecular flexibility index (Phi) is 6.67. The third-order valence-corrected chi connectivity index (χ3v) is 5.69. The second-order valence-corrected chi connectivity index (χ2v) is 9.45. The van der Waals surface area contributed by atoms with E-state index in [0.29, 0.717) is 31.0 Å². The monoisotopic (exact) mass is 468 g/mol. The molecule has 10 heteroatoms. The van der Waals surface area contributed by atoms with Gasteiger partial charge in [-0.05, 0) is 57.9 Å². The van der Waals surface area contributed by atoms with Gasteiger partial charge in [0.25, 0.3) is 0 Å². The summed E-state index contributed by atoms with van der Waals surface area (Å²) in [5, 5.41) is 0. The molecule has 3 heterocycles. The van der Waals surface area contributed by atoms with Crippen molar-refractivity contribution in [2.45, 2.75) is 63.9 Å². The van der Waals surface area contributed by atoms with Crippen LogP contribution >= 0.6 is 0 Å². The van der Waals surface area contributed by atoms with E-state index in [-0.39, 0.29) is 24.1 Å². The van der Waals surface area contributed by atoms with Gasteiger partial charge in [-0.1, -0.05) is 0 Å². The van der Waals surface area contributed by atoms with Crippen LogP contribution in [0, 0.1) is 0 Å². The molecule has 0 aromatic heterocycles. The van der Waals surface area contributed by atoms with E-state index >= 15 is 0 Å². The molecular weight excluding hydrogens is 438 g/mol. The van der Waals surface area contributed by atoms with Crippen LogP contribution in [0.5, 0.6) is 11.5 Å². The Labute approximate surface area is 191 Å². The number of carbonyl (C=O) groups is 1. The quantitative estimate of drug-likeness (QED) is 0.674. The molecule has 4 rings (SSSR count). The number of amides is 1. The predicted molar refractivity (Wildman–Crippen MR) is 115 cm³/mol. The highest BCUT2D eigenvalue weighted by Gasteiger charge is 2.39. The summed E-state index contributed by atoms with van der Waals surface area (Å²) in [6, 6.07) is 4.50. The van der Waals surface area contributed by atoms with E-state index in [0.717, 1.165) is 19.3 Å². The normalized spacial score (nSPS) is 24.8. The molecule has 1 unspecified atom stereocenters. The molecule has 1 N–H and O–H groups in total. The third kappa shape index (κ3) is 5.67. The Bertz CT molecular complexity index is 895. The van der Waals surface area contributed by atoms with Gasteiger partial charge < -0.3 is 23.8 Å². The number of hydrogen-bond donors (Lipinski definition) is 1. The number of nitrogens with one attached hydrogen (secondary N) is 1. The largest absolute Gasteiger partial charge is 0.488 e. The van der Waals surface area contributed by atoms with E-state index in [2.05, 4.69) is 10.2 Å². The average Bonchev–Trinajstić information content (AvgIpc) is 3.48. The van der Waals surface area contributed by atoms with Gasteiger partial charge >= 0.3 is 12.7 Å². The SMILES string of the molecule is CC(C)(C)OC(=O)N1CCC[C@H]1COc1cc(C2=CC3(CCOC3)ON2)ccc1OC(F)F. The first-order chi connectivity index (χ1) is 15.6. The molecule has 2 fully saturated rings. The summed E-state index contributed by atoms with van der Waals surface area (Å²) in [6.45, 7) is 4.17. The average molecular weight is 468 g/mol. The second-order valence-electron chi connectivity index (χ2n) is 9.45. The van der Waals surface area contributed by atoms with Crippen LogP contribution < -0.4 is 15.0 Å². The number of likely N-dealkylation sites (tertiary alicyclic amines) is 1. The Morgan fingerprint density at radius 3 is 2.85 bits per heavy atom. The molecule has 182 valence electrons. The van der Waals surface area contributed by atoms with E-state index in [1.54, 1.807) is 17.0 Å². The molecule has 33 heavy (non-hydrogen) atoms. The van der Waals surface area contributed by atoms with Crippen LogP contribution in [-0.2, 0) is 14.3 Å². The van der Waals surface area contributed by atoms with Gasteiger partial charge in [0.2, 0.25) is 0 Å². The molecule has 3 aliphatic heterocycles. The summed E-state index contributed by atoms with van der Waals surface area (Å²) in [7, 11) is 0. The molecule has 1 amide bonds. The molecule has 2 atom stereocenters. The lowest BCUT2D eigenvalue weighted by atomic mass is 10.0. The molecule has 0 saturated carbocycles. The minimum absolute atomic E-state index is 0.0750. The molecule has 1 aromatic carbocycles. The molecule has 0 aliphatic carbocycles. The van der Waals surface area contributed by atoms with Crippen molar-refractivity contribution < 1.29 is 37.4 Å². The zero-order chi connectivity index (χ0) is 23.6. The number of halogens is 2. The van der Waals surface area contributed by atoms with Crippen molar-refractivity contribution in [3.8, 4) is 11.5 Å². The molecular formula is C23H30F2N2O6. The molecule has 3 aliphatic rings. The van der Waals surface area contributed by atoms with Gasteiger partial charge in [0, 0.05) is 25.1 Å². The number of nitrogens with zero attached hydrogens (tertiary/aromatic N) is 1. The summed E-state index contributed by atoms with van der Waals surface area (Å²) in [5.74, 6) is 0.0872. The maximum Gasteiger partial charge on any atom is 0.410 e. The Hall–Kier alpha value is -2.59. The first-order valence-electron chi connectivity index (χ1n) is 11.1. The van der Waals surface area contributed by atoms with Crippen molar-refractivity contribution in [2.75, 3.05) is 26.4 Å². The zero-order valence-electron chi connectivity index (χ0n) is 19.1. The van der Waals surface area contributed by atoms with Crippen LogP contribution in [-0.4, -0.2) is 61.2 Å². The van der Waals surface area contributed by atoms with E-state index < -0.39 is 23.9 Å². The lowest BCUT2D eigenvalue weighted by Gasteiger charge is -2.28. The first kappa shape index (κ1) is 23.6. The fraction of sp³-hybridized carbons (Fsp3) is 0.609. The van der Waals surface area contributed by atoms with E-state index in [1.807, 2.05) is 26.8 Å². The standard InChI is InChI=1S/C23H30F2N2O6/c1-22(2,3)32-21(28)27-9-4-5-16(27)13-30-19-11-15(6-7-18(19)31-20(24)25)17-12-23(33-26-17)8-10-29-14-23/h6-7,11-12,16,20,26H,4-5,8-10,13-14H2,1-3H3/t16-,23?/m0/s1. The third-order valence-electron chi connectivity index (χ3n) is 5.69. The van der Waals surface area contributed by atoms with Crippen molar-refractivity contribution in [2.24, 2.45) is 0 Å². The van der Waals surface area contributed by atoms with Crippen LogP contribution in [0.1, 0.15) is 45.6 Å². The van der Waals surface area contributed by atoms with Crippen molar-refractivity contribution in [3.05, 3.63) is 29.8 Å². The fourth-order valence-corrected chi connectivity index (χ4v) is 4.11. The first-order valence-corrected chi connectivity index (χ1v) is 11.1. The number of hydrogen-bond acceptors (Lipinski definition) is 7. The molecule has 2 saturated heterocycles. The zero-order valence-corrected chi connectivity index (χ0v) is 19.1. The van der Waals surface area contributed by atoms with Crippen LogP contribution in [0.2, 0.25) is 0 Å². The highest BCUT2D eigenvalue weighted by Crippen LogP contribution is 2.37. The molecule has 1 spiro atoms. The van der Waals surface area contributed by atoms with Gasteiger partial charge in [-0.2, -0.15) is 8.78 Å². The van der Waals surface area contributed by atoms with Gasteiger partial charge in [-0.15, -0.1) is 0 Å². The van der Waals surface area contributed by atoms with Crippen LogP contribution in [0.25, 0.3) is 5.70 Å². The summed E-state index contributed by atoms with van der Waals surface area (Å²) in [5.41, 5.74) is 3.17. The van der Waals surface area contributed by atoms with Gasteiger partial charge in [0.05, 0.1) is 18.3 Å². The van der Waals surface area contributed by atoms with E-state index in [9.17, 15) is 13.6 Å². The second kappa shape index (κ2) is 9.34. The summed E-state index contributed by atoms with van der Waals surface area (Å²) < 4.78 is 47.4. The van der Waals surface area contributed by atoms with Crippen LogP contribution in [0.3, 0.4) is 0 Å². The van der Waals surface area contributed by atoms with Gasteiger partial charge in [-0.3, -0.25) is 10.3 Å². The number of ether oxygens (including phenoxy) is 4. The van der Waals surface area contributed by atoms with Gasteiger partial charge in [0.1, 0.15) is 17.8 Å². The van der Waals surface area contributed by atoms with Crippen molar-refractivity contribution in [3.63, 3.8) is 0 Å². The number of rotatable bonds is 6. The summed E-state index contributed by atoms with van der Waals surface area (Å²) >= 11 is 0. The molecule has 0 bridgehead atoms.